The minimum absolute atomic E-state index is 0. The maximum atomic E-state index is 8.88. The van der Waals surface area contributed by atoms with Gasteiger partial charge in [-0.2, -0.15) is 0 Å². The fraction of sp³-hybridized carbons (Fsp3) is 0. The standard InChI is InChI=1S/Ca.FH.Fe.Mg.Mn.H3O4P.H2O.4H/c;;;;;1-5(2,3)4;;;;;/h;1H;;;;(H3,1,2,3,4);1H2;;;;/q+2;;;+2;;;;4*-1. The van der Waals surface area contributed by atoms with Crippen molar-refractivity contribution >= 4 is 68.6 Å². The smallest absolute Gasteiger partial charge is 1.00 e. The first-order valence-corrected chi connectivity index (χ1v) is 2.35. The normalized spacial score (nSPS) is 5.36. The third-order valence-corrected chi connectivity index (χ3v) is 0. The summed E-state index contributed by atoms with van der Waals surface area (Å²) in [5.41, 5.74) is 0. The molecule has 0 bridgehead atoms. The van der Waals surface area contributed by atoms with E-state index >= 15 is 0 Å². The molecule has 1 radical (unpaired) electrons. The molecule has 0 aliphatic heterocycles. The first-order chi connectivity index (χ1) is 2.00. The Bertz CT molecular complexity index is 85.2. The van der Waals surface area contributed by atoms with Crippen LogP contribution < -0.4 is 0 Å². The zero-order valence-electron chi connectivity index (χ0n) is 9.25. The molecule has 0 spiro atoms. The minimum Gasteiger partial charge on any atom is -1.00 e. The van der Waals surface area contributed by atoms with Crippen LogP contribution in [0.5, 0.6) is 0 Å². The molecule has 0 amide bonds. The van der Waals surface area contributed by atoms with Crippen molar-refractivity contribution < 1.29 is 69.3 Å². The van der Waals surface area contributed by atoms with Gasteiger partial charge in [0, 0.05) is 34.1 Å². The van der Waals surface area contributed by atoms with Gasteiger partial charge in [0.1, 0.15) is 0 Å². The van der Waals surface area contributed by atoms with Crippen LogP contribution in [0, 0.1) is 0 Å². The summed E-state index contributed by atoms with van der Waals surface area (Å²) < 4.78 is 8.88. The summed E-state index contributed by atoms with van der Waals surface area (Å²) in [4.78, 5) is 21.6. The maximum Gasteiger partial charge on any atom is 2.00 e. The number of halogens is 1. The fourth-order valence-corrected chi connectivity index (χ4v) is 0. The predicted octanol–water partition coefficient (Wildman–Crippen LogP) is -1.92. The van der Waals surface area contributed by atoms with Gasteiger partial charge in [0.15, 0.2) is 0 Å². The van der Waals surface area contributed by atoms with E-state index in [4.69, 9.17) is 19.2 Å². The second kappa shape index (κ2) is 23.1. The second-order valence-electron chi connectivity index (χ2n) is 0.513. The van der Waals surface area contributed by atoms with E-state index < -0.39 is 7.82 Å². The van der Waals surface area contributed by atoms with Crippen LogP contribution in [0.3, 0.4) is 0 Å². The molecule has 11 heavy (non-hydrogen) atoms. The summed E-state index contributed by atoms with van der Waals surface area (Å²) in [6.45, 7) is 0. The Morgan fingerprint density at radius 3 is 1.18 bits per heavy atom. The number of hydrogen-bond acceptors (Lipinski definition) is 1. The molecule has 0 rings (SSSR count). The van der Waals surface area contributed by atoms with Gasteiger partial charge in [0.25, 0.3) is 0 Å². The van der Waals surface area contributed by atoms with Crippen LogP contribution in [0.25, 0.3) is 0 Å². The summed E-state index contributed by atoms with van der Waals surface area (Å²) in [5, 5.41) is 0. The molecule has 0 saturated carbocycles. The van der Waals surface area contributed by atoms with Gasteiger partial charge in [-0.25, -0.2) is 4.57 Å². The summed E-state index contributed by atoms with van der Waals surface area (Å²) in [7, 11) is -4.64. The Balaban J connectivity index is -0.00000000178. The number of rotatable bonds is 0. The van der Waals surface area contributed by atoms with Crippen molar-refractivity contribution in [1.29, 1.82) is 0 Å². The largest absolute Gasteiger partial charge is 2.00 e. The van der Waals surface area contributed by atoms with Gasteiger partial charge in [-0.15, -0.1) is 0 Å². The Morgan fingerprint density at radius 2 is 1.18 bits per heavy atom. The Morgan fingerprint density at radius 1 is 1.18 bits per heavy atom. The monoisotopic (exact) mass is 315 g/mol. The molecule has 0 aromatic carbocycles. The molecule has 0 saturated heterocycles. The Kier molecular flexibility index (Phi) is 101. The number of hydrogen-bond donors (Lipinski definition) is 3. The molecule has 0 heterocycles. The van der Waals surface area contributed by atoms with Crippen molar-refractivity contribution in [3.8, 4) is 0 Å². The predicted molar refractivity (Wildman–Crippen MR) is 36.3 cm³/mol. The average Bonchev–Trinajstić information content (AvgIpc) is 0.722. The van der Waals surface area contributed by atoms with Crippen molar-refractivity contribution in [3.63, 3.8) is 0 Å². The van der Waals surface area contributed by atoms with E-state index in [0.717, 1.165) is 0 Å². The van der Waals surface area contributed by atoms with Crippen molar-refractivity contribution in [2.45, 2.75) is 0 Å². The summed E-state index contributed by atoms with van der Waals surface area (Å²) in [6.07, 6.45) is 0. The van der Waals surface area contributed by atoms with Crippen LogP contribution in [0.2, 0.25) is 0 Å². The van der Waals surface area contributed by atoms with Gasteiger partial charge in [-0.05, 0) is 0 Å². The van der Waals surface area contributed by atoms with Crippen LogP contribution in [0.1, 0.15) is 5.71 Å². The van der Waals surface area contributed by atoms with Gasteiger partial charge in [0.2, 0.25) is 0 Å². The molecule has 0 aromatic rings. The zero-order valence-corrected chi connectivity index (χ0v) is 12.1. The first-order valence-electron chi connectivity index (χ1n) is 0.783. The third kappa shape index (κ3) is 170. The van der Waals surface area contributed by atoms with Crippen LogP contribution in [0.4, 0.5) is 4.70 Å². The van der Waals surface area contributed by atoms with Gasteiger partial charge >= 0.3 is 68.6 Å². The van der Waals surface area contributed by atoms with Crippen molar-refractivity contribution in [2.24, 2.45) is 0 Å². The van der Waals surface area contributed by atoms with Crippen molar-refractivity contribution in [1.82, 2.24) is 0 Å². The summed E-state index contributed by atoms with van der Waals surface area (Å²) >= 11 is 0. The van der Waals surface area contributed by atoms with Gasteiger partial charge < -0.3 is 25.9 Å². The molecule has 71 valence electrons. The molecule has 0 aliphatic carbocycles. The molecule has 0 unspecified atom stereocenters. The van der Waals surface area contributed by atoms with E-state index in [0.29, 0.717) is 0 Å². The molecule has 0 fully saturated rings. The molecule has 5 N–H and O–H groups in total. The van der Waals surface area contributed by atoms with Crippen LogP contribution in [-0.2, 0) is 38.7 Å². The van der Waals surface area contributed by atoms with Crippen molar-refractivity contribution in [2.75, 3.05) is 0 Å². The first kappa shape index (κ1) is 48.1. The van der Waals surface area contributed by atoms with E-state index in [2.05, 4.69) is 0 Å². The van der Waals surface area contributed by atoms with E-state index in [-0.39, 0.29) is 111 Å². The second-order valence-corrected chi connectivity index (χ2v) is 1.54. The third-order valence-electron chi connectivity index (χ3n) is 0. The molecule has 5 nitrogen and oxygen atoms in total. The van der Waals surface area contributed by atoms with Crippen LogP contribution in [0.15, 0.2) is 0 Å². The molecule has 11 heteroatoms. The van der Waals surface area contributed by atoms with E-state index in [1.54, 1.807) is 0 Å². The summed E-state index contributed by atoms with van der Waals surface area (Å²) in [6, 6.07) is 0. The Hall–Kier alpha value is 3.06. The maximum absolute atomic E-state index is 8.88. The van der Waals surface area contributed by atoms with Crippen molar-refractivity contribution in [3.05, 3.63) is 0 Å². The fourth-order valence-electron chi connectivity index (χ4n) is 0. The molecular formula is H10CaFFeMgMnO5P. The molecule has 0 aromatic heterocycles. The minimum atomic E-state index is -4.64. The van der Waals surface area contributed by atoms with Crippen LogP contribution >= 0.6 is 7.82 Å². The van der Waals surface area contributed by atoms with E-state index in [1.807, 2.05) is 0 Å². The molecular weight excluding hydrogens is 305 g/mol. The topological polar surface area (TPSA) is 109 Å². The van der Waals surface area contributed by atoms with E-state index in [9.17, 15) is 0 Å². The van der Waals surface area contributed by atoms with E-state index in [1.165, 1.54) is 0 Å². The Labute approximate surface area is 136 Å². The average molecular weight is 315 g/mol. The molecule has 0 atom stereocenters. The number of phosphoric acid groups is 1. The van der Waals surface area contributed by atoms with Gasteiger partial charge in [0.05, 0.1) is 0 Å². The zero-order chi connectivity index (χ0) is 4.50. The SMILES string of the molecule is F.O.O=P(O)(O)O.[Ca+2].[Fe].[H-].[H-].[H-].[H-].[Mg+2].[Mn]. The summed E-state index contributed by atoms with van der Waals surface area (Å²) in [5.74, 6) is 0. The van der Waals surface area contributed by atoms with Crippen LogP contribution in [-0.4, -0.2) is 80.9 Å². The quantitative estimate of drug-likeness (QED) is 0.358. The van der Waals surface area contributed by atoms with Gasteiger partial charge in [-0.1, -0.05) is 0 Å². The van der Waals surface area contributed by atoms with Gasteiger partial charge in [-0.3, -0.25) is 4.70 Å². The molecule has 0 aliphatic rings.